The molecule has 116 valence electrons. The molecule has 0 aliphatic rings. The molecule has 0 atom stereocenters. The number of nitrogens with one attached hydrogen (secondary N) is 1. The van der Waals surface area contributed by atoms with Gasteiger partial charge < -0.3 is 5.32 Å². The third-order valence-electron chi connectivity index (χ3n) is 3.67. The Morgan fingerprint density at radius 1 is 1.24 bits per heavy atom. The molecular formula is C16H27N5. The minimum Gasteiger partial charge on any atom is -0.308 e. The molecule has 0 aliphatic carbocycles. The van der Waals surface area contributed by atoms with Gasteiger partial charge in [0.15, 0.2) is 0 Å². The van der Waals surface area contributed by atoms with Crippen molar-refractivity contribution in [3.63, 3.8) is 0 Å². The number of nitrogens with zero attached hydrogens (tertiary/aromatic N) is 4. The second-order valence-corrected chi connectivity index (χ2v) is 6.61. The first-order valence-corrected chi connectivity index (χ1v) is 7.59. The number of rotatable bonds is 5. The minimum atomic E-state index is 0.114. The molecule has 0 aliphatic heterocycles. The van der Waals surface area contributed by atoms with E-state index in [1.54, 1.807) is 0 Å². The number of hydrogen-bond donors (Lipinski definition) is 1. The van der Waals surface area contributed by atoms with E-state index < -0.39 is 0 Å². The molecule has 2 heterocycles. The van der Waals surface area contributed by atoms with Crippen LogP contribution in [0.1, 0.15) is 50.2 Å². The molecule has 1 N–H and O–H groups in total. The van der Waals surface area contributed by atoms with Crippen molar-refractivity contribution in [2.45, 2.75) is 66.7 Å². The van der Waals surface area contributed by atoms with Crippen molar-refractivity contribution in [3.8, 4) is 0 Å². The molecule has 21 heavy (non-hydrogen) atoms. The molecule has 0 amide bonds. The third kappa shape index (κ3) is 3.94. The van der Waals surface area contributed by atoms with Gasteiger partial charge >= 0.3 is 0 Å². The topological polar surface area (TPSA) is 47.7 Å². The van der Waals surface area contributed by atoms with E-state index in [4.69, 9.17) is 0 Å². The summed E-state index contributed by atoms with van der Waals surface area (Å²) >= 11 is 0. The van der Waals surface area contributed by atoms with Crippen molar-refractivity contribution in [1.82, 2.24) is 24.9 Å². The van der Waals surface area contributed by atoms with E-state index in [1.165, 1.54) is 16.8 Å². The van der Waals surface area contributed by atoms with Crippen molar-refractivity contribution in [1.29, 1.82) is 0 Å². The highest BCUT2D eigenvalue weighted by Gasteiger charge is 2.15. The summed E-state index contributed by atoms with van der Waals surface area (Å²) in [4.78, 5) is 0. The molecule has 0 bridgehead atoms. The smallest absolute Gasteiger partial charge is 0.0693 e. The molecule has 0 unspecified atom stereocenters. The second kappa shape index (κ2) is 6.02. The van der Waals surface area contributed by atoms with E-state index in [1.807, 2.05) is 10.9 Å². The Balaban J connectivity index is 2.14. The van der Waals surface area contributed by atoms with Gasteiger partial charge in [0.1, 0.15) is 0 Å². The van der Waals surface area contributed by atoms with E-state index in [2.05, 4.69) is 67.9 Å². The van der Waals surface area contributed by atoms with Crippen molar-refractivity contribution in [3.05, 3.63) is 34.9 Å². The fourth-order valence-electron chi connectivity index (χ4n) is 2.33. The molecular weight excluding hydrogens is 262 g/mol. The van der Waals surface area contributed by atoms with Crippen LogP contribution in [-0.4, -0.2) is 25.1 Å². The normalized spacial score (nSPS) is 12.1. The highest BCUT2D eigenvalue weighted by molar-refractivity contribution is 5.25. The minimum absolute atomic E-state index is 0.114. The molecule has 0 saturated heterocycles. The molecule has 5 heteroatoms. The lowest BCUT2D eigenvalue weighted by molar-refractivity contribution is 0.423. The van der Waals surface area contributed by atoms with Gasteiger partial charge in [-0.05, 0) is 41.5 Å². The van der Waals surface area contributed by atoms with Crippen LogP contribution in [-0.2, 0) is 19.6 Å². The summed E-state index contributed by atoms with van der Waals surface area (Å²) in [5.41, 5.74) is 4.94. The molecule has 2 aromatic heterocycles. The first-order valence-electron chi connectivity index (χ1n) is 7.59. The largest absolute Gasteiger partial charge is 0.308 e. The molecule has 5 nitrogen and oxygen atoms in total. The van der Waals surface area contributed by atoms with Crippen molar-refractivity contribution in [2.75, 3.05) is 0 Å². The van der Waals surface area contributed by atoms with Crippen LogP contribution in [0.4, 0.5) is 0 Å². The van der Waals surface area contributed by atoms with E-state index in [9.17, 15) is 0 Å². The van der Waals surface area contributed by atoms with Crippen LogP contribution in [0.25, 0.3) is 0 Å². The first kappa shape index (κ1) is 15.8. The van der Waals surface area contributed by atoms with Gasteiger partial charge in [-0.2, -0.15) is 10.2 Å². The van der Waals surface area contributed by atoms with Gasteiger partial charge in [-0.3, -0.25) is 9.36 Å². The molecule has 2 aromatic rings. The summed E-state index contributed by atoms with van der Waals surface area (Å²) in [6.07, 6.45) is 4.01. The Bertz CT molecular complexity index is 601. The summed E-state index contributed by atoms with van der Waals surface area (Å²) in [7, 11) is 0. The van der Waals surface area contributed by atoms with E-state index in [0.29, 0.717) is 0 Å². The van der Waals surface area contributed by atoms with Gasteiger partial charge in [-0.1, -0.05) is 0 Å². The van der Waals surface area contributed by atoms with Gasteiger partial charge in [0.05, 0.1) is 18.4 Å². The first-order chi connectivity index (χ1) is 9.80. The van der Waals surface area contributed by atoms with Gasteiger partial charge in [-0.25, -0.2) is 0 Å². The lowest BCUT2D eigenvalue weighted by atomic mass is 10.1. The predicted molar refractivity (Wildman–Crippen MR) is 85.3 cm³/mol. The summed E-state index contributed by atoms with van der Waals surface area (Å²) in [6, 6.07) is 0. The molecule has 0 fully saturated rings. The Kier molecular flexibility index (Phi) is 4.52. The summed E-state index contributed by atoms with van der Waals surface area (Å²) in [5.74, 6) is 0. The van der Waals surface area contributed by atoms with Crippen molar-refractivity contribution in [2.24, 2.45) is 0 Å². The maximum Gasteiger partial charge on any atom is 0.0693 e. The highest BCUT2D eigenvalue weighted by atomic mass is 15.3. The predicted octanol–water partition coefficient (Wildman–Crippen LogP) is 2.65. The zero-order valence-electron chi connectivity index (χ0n) is 14.1. The van der Waals surface area contributed by atoms with Crippen LogP contribution in [0.15, 0.2) is 12.4 Å². The van der Waals surface area contributed by atoms with E-state index in [0.717, 1.165) is 25.3 Å². The fourth-order valence-corrected chi connectivity index (χ4v) is 2.33. The Morgan fingerprint density at radius 3 is 2.52 bits per heavy atom. The quantitative estimate of drug-likeness (QED) is 0.920. The zero-order valence-corrected chi connectivity index (χ0v) is 14.1. The molecule has 0 spiro atoms. The van der Waals surface area contributed by atoms with Crippen molar-refractivity contribution < 1.29 is 0 Å². The van der Waals surface area contributed by atoms with Crippen LogP contribution in [0.3, 0.4) is 0 Å². The van der Waals surface area contributed by atoms with Crippen molar-refractivity contribution >= 4 is 0 Å². The summed E-state index contributed by atoms with van der Waals surface area (Å²) in [5, 5.41) is 12.5. The Morgan fingerprint density at radius 2 is 1.95 bits per heavy atom. The van der Waals surface area contributed by atoms with Gasteiger partial charge in [0.25, 0.3) is 0 Å². The average molecular weight is 289 g/mol. The van der Waals surface area contributed by atoms with Gasteiger partial charge in [0, 0.05) is 41.6 Å². The maximum absolute atomic E-state index is 4.68. The zero-order chi connectivity index (χ0) is 15.6. The van der Waals surface area contributed by atoms with Crippen LogP contribution < -0.4 is 5.32 Å². The summed E-state index contributed by atoms with van der Waals surface area (Å²) in [6.45, 7) is 15.4. The molecule has 0 saturated carbocycles. The second-order valence-electron chi connectivity index (χ2n) is 6.61. The van der Waals surface area contributed by atoms with Gasteiger partial charge in [-0.15, -0.1) is 0 Å². The standard InChI is InChI=1S/C16H27N5/c1-7-20-10-14(8-18-20)11-21-13(3)15(12(2)19-21)9-17-16(4,5)6/h8,10,17H,7,9,11H2,1-6H3. The summed E-state index contributed by atoms with van der Waals surface area (Å²) < 4.78 is 4.02. The number of aryl methyl sites for hydroxylation is 2. The maximum atomic E-state index is 4.68. The third-order valence-corrected chi connectivity index (χ3v) is 3.67. The number of hydrogen-bond acceptors (Lipinski definition) is 3. The van der Waals surface area contributed by atoms with Crippen LogP contribution in [0.2, 0.25) is 0 Å². The van der Waals surface area contributed by atoms with E-state index >= 15 is 0 Å². The van der Waals surface area contributed by atoms with Crippen LogP contribution in [0.5, 0.6) is 0 Å². The average Bonchev–Trinajstić information content (AvgIpc) is 2.93. The molecule has 2 rings (SSSR count). The SMILES string of the molecule is CCn1cc(Cn2nc(C)c(CNC(C)(C)C)c2C)cn1. The number of aromatic nitrogens is 4. The monoisotopic (exact) mass is 289 g/mol. The van der Waals surface area contributed by atoms with Gasteiger partial charge in [0.2, 0.25) is 0 Å². The van der Waals surface area contributed by atoms with Crippen LogP contribution >= 0.6 is 0 Å². The van der Waals surface area contributed by atoms with E-state index in [-0.39, 0.29) is 5.54 Å². The fraction of sp³-hybridized carbons (Fsp3) is 0.625. The molecule has 0 radical (unpaired) electrons. The Hall–Kier alpha value is -1.62. The highest BCUT2D eigenvalue weighted by Crippen LogP contribution is 2.15. The lowest BCUT2D eigenvalue weighted by Crippen LogP contribution is -2.35. The lowest BCUT2D eigenvalue weighted by Gasteiger charge is -2.20. The molecule has 0 aromatic carbocycles. The van der Waals surface area contributed by atoms with Crippen LogP contribution in [0, 0.1) is 13.8 Å². The Labute approximate surface area is 127 Å².